The van der Waals surface area contributed by atoms with Crippen molar-refractivity contribution in [3.63, 3.8) is 0 Å². The third-order valence-corrected chi connectivity index (χ3v) is 2.80. The maximum Gasteiger partial charge on any atom is 0.224 e. The molecular formula is C12H12NO3-. The van der Waals surface area contributed by atoms with Crippen molar-refractivity contribution in [2.24, 2.45) is 0 Å². The molecule has 1 atom stereocenters. The van der Waals surface area contributed by atoms with Crippen molar-refractivity contribution in [2.75, 3.05) is 5.32 Å². The zero-order valence-electron chi connectivity index (χ0n) is 8.73. The van der Waals surface area contributed by atoms with E-state index in [2.05, 4.69) is 5.32 Å². The van der Waals surface area contributed by atoms with Crippen LogP contribution in [0.25, 0.3) is 0 Å². The molecule has 1 aliphatic heterocycles. The van der Waals surface area contributed by atoms with Gasteiger partial charge >= 0.3 is 0 Å². The van der Waals surface area contributed by atoms with Gasteiger partial charge in [0.1, 0.15) is 0 Å². The number of nitrogens with one attached hydrogen (secondary N) is 1. The van der Waals surface area contributed by atoms with Gasteiger partial charge in [0.2, 0.25) is 5.91 Å². The largest absolute Gasteiger partial charge is 0.550 e. The highest BCUT2D eigenvalue weighted by atomic mass is 16.4. The van der Waals surface area contributed by atoms with Gasteiger partial charge < -0.3 is 15.2 Å². The average Bonchev–Trinajstić information content (AvgIpc) is 2.25. The van der Waals surface area contributed by atoms with Crippen LogP contribution in [0.5, 0.6) is 0 Å². The summed E-state index contributed by atoms with van der Waals surface area (Å²) in [6, 6.07) is 7.50. The number of anilines is 1. The van der Waals surface area contributed by atoms with E-state index in [1.807, 2.05) is 24.3 Å². The zero-order valence-corrected chi connectivity index (χ0v) is 8.73. The van der Waals surface area contributed by atoms with E-state index in [0.29, 0.717) is 12.8 Å². The Hall–Kier alpha value is -1.84. The first-order valence-corrected chi connectivity index (χ1v) is 5.25. The summed E-state index contributed by atoms with van der Waals surface area (Å²) in [7, 11) is 0. The zero-order chi connectivity index (χ0) is 11.5. The molecule has 1 aromatic carbocycles. The number of rotatable bonds is 3. The summed E-state index contributed by atoms with van der Waals surface area (Å²) in [5.74, 6) is -1.13. The van der Waals surface area contributed by atoms with Gasteiger partial charge in [-0.3, -0.25) is 4.79 Å². The van der Waals surface area contributed by atoms with Crippen molar-refractivity contribution in [1.29, 1.82) is 0 Å². The normalized spacial score (nSPS) is 18.8. The minimum Gasteiger partial charge on any atom is -0.550 e. The Labute approximate surface area is 93.3 Å². The maximum atomic E-state index is 11.4. The third-order valence-electron chi connectivity index (χ3n) is 2.80. The predicted octanol–water partition coefficient (Wildman–Crippen LogP) is 0.642. The van der Waals surface area contributed by atoms with Gasteiger partial charge in [0.15, 0.2) is 0 Å². The second kappa shape index (κ2) is 4.35. The Morgan fingerprint density at radius 3 is 2.94 bits per heavy atom. The summed E-state index contributed by atoms with van der Waals surface area (Å²) in [6.07, 6.45) is 0.795. The number of fused-ring (bicyclic) bond motifs is 1. The summed E-state index contributed by atoms with van der Waals surface area (Å²) >= 11 is 0. The Balaban J connectivity index is 2.20. The van der Waals surface area contributed by atoms with Crippen molar-refractivity contribution in [3.8, 4) is 0 Å². The van der Waals surface area contributed by atoms with Crippen LogP contribution in [0.15, 0.2) is 24.3 Å². The smallest absolute Gasteiger partial charge is 0.224 e. The molecule has 0 saturated heterocycles. The molecule has 0 aromatic heterocycles. The molecule has 0 bridgehead atoms. The van der Waals surface area contributed by atoms with Crippen LogP contribution in [0.3, 0.4) is 0 Å². The number of carbonyl (C=O) groups excluding carboxylic acids is 2. The number of carboxylic acids is 1. The molecule has 1 aromatic rings. The number of hydrogen-bond acceptors (Lipinski definition) is 3. The van der Waals surface area contributed by atoms with Crippen LogP contribution in [-0.4, -0.2) is 11.9 Å². The Morgan fingerprint density at radius 1 is 1.44 bits per heavy atom. The summed E-state index contributed by atoms with van der Waals surface area (Å²) < 4.78 is 0. The van der Waals surface area contributed by atoms with Gasteiger partial charge in [0.25, 0.3) is 0 Å². The van der Waals surface area contributed by atoms with E-state index in [0.717, 1.165) is 11.3 Å². The van der Waals surface area contributed by atoms with Crippen LogP contribution < -0.4 is 10.4 Å². The molecule has 1 amide bonds. The SMILES string of the molecule is O=C([O-])CCC1CC(=O)Nc2ccccc21. The van der Waals surface area contributed by atoms with Crippen LogP contribution in [0, 0.1) is 0 Å². The number of amides is 1. The van der Waals surface area contributed by atoms with Crippen LogP contribution in [-0.2, 0) is 9.59 Å². The molecule has 1 unspecified atom stereocenters. The third kappa shape index (κ3) is 2.21. The fourth-order valence-electron chi connectivity index (χ4n) is 2.05. The molecule has 1 N–H and O–H groups in total. The number of hydrogen-bond donors (Lipinski definition) is 1. The molecule has 0 fully saturated rings. The lowest BCUT2D eigenvalue weighted by molar-refractivity contribution is -0.305. The van der Waals surface area contributed by atoms with Gasteiger partial charge in [-0.05, 0) is 30.4 Å². The van der Waals surface area contributed by atoms with E-state index < -0.39 is 5.97 Å². The minimum atomic E-state index is -1.07. The lowest BCUT2D eigenvalue weighted by Gasteiger charge is -2.25. The van der Waals surface area contributed by atoms with Gasteiger partial charge in [-0.2, -0.15) is 0 Å². The summed E-state index contributed by atoms with van der Waals surface area (Å²) in [5, 5.41) is 13.2. The van der Waals surface area contributed by atoms with E-state index in [1.165, 1.54) is 0 Å². The van der Waals surface area contributed by atoms with Crippen molar-refractivity contribution in [2.45, 2.75) is 25.2 Å². The first-order valence-electron chi connectivity index (χ1n) is 5.25. The second-order valence-electron chi connectivity index (χ2n) is 3.95. The van der Waals surface area contributed by atoms with Gasteiger partial charge in [-0.25, -0.2) is 0 Å². The first-order chi connectivity index (χ1) is 7.66. The molecule has 0 spiro atoms. The number of aliphatic carboxylic acids is 1. The van der Waals surface area contributed by atoms with Gasteiger partial charge in [0.05, 0.1) is 0 Å². The molecule has 4 heteroatoms. The summed E-state index contributed by atoms with van der Waals surface area (Å²) in [6.45, 7) is 0. The Kier molecular flexibility index (Phi) is 2.90. The molecule has 1 aliphatic rings. The van der Waals surface area contributed by atoms with Gasteiger partial charge in [-0.15, -0.1) is 0 Å². The average molecular weight is 218 g/mol. The van der Waals surface area contributed by atoms with Crippen LogP contribution >= 0.6 is 0 Å². The quantitative estimate of drug-likeness (QED) is 0.809. The lowest BCUT2D eigenvalue weighted by Crippen LogP contribution is -2.26. The van der Waals surface area contributed by atoms with Crippen LogP contribution in [0.2, 0.25) is 0 Å². The molecule has 0 aliphatic carbocycles. The monoisotopic (exact) mass is 218 g/mol. The fraction of sp³-hybridized carbons (Fsp3) is 0.333. The van der Waals surface area contributed by atoms with E-state index >= 15 is 0 Å². The van der Waals surface area contributed by atoms with Crippen molar-refractivity contribution in [3.05, 3.63) is 29.8 Å². The number of para-hydroxylation sites is 1. The lowest BCUT2D eigenvalue weighted by atomic mass is 9.87. The topological polar surface area (TPSA) is 69.2 Å². The van der Waals surface area contributed by atoms with Crippen LogP contribution in [0.1, 0.15) is 30.7 Å². The van der Waals surface area contributed by atoms with Gasteiger partial charge in [0, 0.05) is 18.1 Å². The second-order valence-corrected chi connectivity index (χ2v) is 3.95. The molecule has 0 radical (unpaired) electrons. The highest BCUT2D eigenvalue weighted by Gasteiger charge is 2.24. The first kappa shape index (κ1) is 10.7. The van der Waals surface area contributed by atoms with Crippen molar-refractivity contribution < 1.29 is 14.7 Å². The molecule has 1 heterocycles. The summed E-state index contributed by atoms with van der Waals surface area (Å²) in [4.78, 5) is 21.8. The summed E-state index contributed by atoms with van der Waals surface area (Å²) in [5.41, 5.74) is 1.81. The molecule has 4 nitrogen and oxygen atoms in total. The minimum absolute atomic E-state index is 0.00766. The Bertz CT molecular complexity index is 428. The van der Waals surface area contributed by atoms with E-state index in [-0.39, 0.29) is 18.2 Å². The number of carbonyl (C=O) groups is 2. The molecule has 0 saturated carbocycles. The molecule has 84 valence electrons. The molecule has 2 rings (SSSR count). The van der Waals surface area contributed by atoms with E-state index in [1.54, 1.807) is 0 Å². The van der Waals surface area contributed by atoms with Crippen LogP contribution in [0.4, 0.5) is 5.69 Å². The van der Waals surface area contributed by atoms with Crippen molar-refractivity contribution in [1.82, 2.24) is 0 Å². The molecule has 16 heavy (non-hydrogen) atoms. The highest BCUT2D eigenvalue weighted by Crippen LogP contribution is 2.34. The number of carboxylic acid groups (broad SMARTS) is 1. The molecular weight excluding hydrogens is 206 g/mol. The fourth-order valence-corrected chi connectivity index (χ4v) is 2.05. The van der Waals surface area contributed by atoms with Gasteiger partial charge in [-0.1, -0.05) is 18.2 Å². The van der Waals surface area contributed by atoms with E-state index in [4.69, 9.17) is 0 Å². The number of benzene rings is 1. The Morgan fingerprint density at radius 2 is 2.19 bits per heavy atom. The maximum absolute atomic E-state index is 11.4. The highest BCUT2D eigenvalue weighted by molar-refractivity contribution is 5.94. The predicted molar refractivity (Wildman–Crippen MR) is 56.7 cm³/mol. The van der Waals surface area contributed by atoms with E-state index in [9.17, 15) is 14.7 Å². The van der Waals surface area contributed by atoms with Crippen molar-refractivity contribution >= 4 is 17.6 Å². The standard InChI is InChI=1S/C12H13NO3/c14-11-7-8(5-6-12(15)16)9-3-1-2-4-10(9)13-11/h1-4,8H,5-7H2,(H,13,14)(H,15,16)/p-1.